The van der Waals surface area contributed by atoms with E-state index in [2.05, 4.69) is 9.97 Å². The zero-order valence-electron chi connectivity index (χ0n) is 10.2. The summed E-state index contributed by atoms with van der Waals surface area (Å²) in [6.45, 7) is 0. The van der Waals surface area contributed by atoms with Crippen molar-refractivity contribution in [3.8, 4) is 11.6 Å². The minimum absolute atomic E-state index is 0.117. The molecule has 0 amide bonds. The Morgan fingerprint density at radius 3 is 2.75 bits per heavy atom. The van der Waals surface area contributed by atoms with Crippen molar-refractivity contribution in [1.29, 1.82) is 0 Å². The predicted molar refractivity (Wildman–Crippen MR) is 70.4 cm³/mol. The van der Waals surface area contributed by atoms with Crippen LogP contribution in [0, 0.1) is 11.6 Å². The van der Waals surface area contributed by atoms with Crippen molar-refractivity contribution in [1.82, 2.24) is 9.97 Å². The molecular formula is C14H9F2N3O. The first-order valence-corrected chi connectivity index (χ1v) is 5.77. The number of hydrogen-bond donors (Lipinski definition) is 1. The Labute approximate surface area is 112 Å². The summed E-state index contributed by atoms with van der Waals surface area (Å²) < 4.78 is 32.1. The molecule has 0 radical (unpaired) electrons. The molecule has 0 aliphatic rings. The lowest BCUT2D eigenvalue weighted by Crippen LogP contribution is -1.96. The molecule has 3 aromatic rings. The summed E-state index contributed by atoms with van der Waals surface area (Å²) in [7, 11) is 0. The van der Waals surface area contributed by atoms with Crippen molar-refractivity contribution < 1.29 is 13.5 Å². The van der Waals surface area contributed by atoms with E-state index in [1.54, 1.807) is 18.2 Å². The van der Waals surface area contributed by atoms with Crippen molar-refractivity contribution in [3.63, 3.8) is 0 Å². The van der Waals surface area contributed by atoms with Crippen molar-refractivity contribution in [3.05, 3.63) is 54.4 Å². The lowest BCUT2D eigenvalue weighted by atomic mass is 10.2. The van der Waals surface area contributed by atoms with Gasteiger partial charge in [-0.05, 0) is 30.3 Å². The van der Waals surface area contributed by atoms with Crippen molar-refractivity contribution in [2.75, 3.05) is 5.73 Å². The molecule has 6 heteroatoms. The topological polar surface area (TPSA) is 61.0 Å². The number of aromatic nitrogens is 2. The number of hydrogen-bond acceptors (Lipinski definition) is 4. The number of anilines is 1. The van der Waals surface area contributed by atoms with Gasteiger partial charge in [-0.15, -0.1) is 0 Å². The van der Waals surface area contributed by atoms with Crippen LogP contribution < -0.4 is 10.5 Å². The predicted octanol–water partition coefficient (Wildman–Crippen LogP) is 3.28. The van der Waals surface area contributed by atoms with Gasteiger partial charge < -0.3 is 10.5 Å². The largest absolute Gasteiger partial charge is 0.435 e. The van der Waals surface area contributed by atoms with Crippen molar-refractivity contribution in [2.45, 2.75) is 0 Å². The number of halogens is 2. The number of ether oxygens (including phenoxy) is 1. The molecule has 1 heterocycles. The van der Waals surface area contributed by atoms with Crippen LogP contribution in [0.4, 0.5) is 14.5 Å². The van der Waals surface area contributed by atoms with Gasteiger partial charge in [0.25, 0.3) is 0 Å². The Bertz CT molecular complexity index is 792. The van der Waals surface area contributed by atoms with Gasteiger partial charge in [0, 0.05) is 5.69 Å². The van der Waals surface area contributed by atoms with Gasteiger partial charge in [0.15, 0.2) is 11.6 Å². The maximum absolute atomic E-state index is 13.6. The smallest absolute Gasteiger partial charge is 0.230 e. The van der Waals surface area contributed by atoms with Gasteiger partial charge in [0.2, 0.25) is 11.7 Å². The van der Waals surface area contributed by atoms with E-state index >= 15 is 0 Å². The number of benzene rings is 2. The molecule has 0 aliphatic carbocycles. The third kappa shape index (κ3) is 2.11. The summed E-state index contributed by atoms with van der Waals surface area (Å²) in [5.74, 6) is -2.18. The second kappa shape index (κ2) is 4.73. The third-order valence-corrected chi connectivity index (χ3v) is 2.75. The molecule has 100 valence electrons. The number of rotatable bonds is 2. The van der Waals surface area contributed by atoms with Gasteiger partial charge >= 0.3 is 0 Å². The second-order valence-corrected chi connectivity index (χ2v) is 4.11. The van der Waals surface area contributed by atoms with Crippen LogP contribution in [0.25, 0.3) is 10.9 Å². The van der Waals surface area contributed by atoms with Crippen molar-refractivity contribution in [2.24, 2.45) is 0 Å². The summed E-state index contributed by atoms with van der Waals surface area (Å²) in [5, 5.41) is 0.524. The van der Waals surface area contributed by atoms with E-state index in [1.165, 1.54) is 18.5 Å². The van der Waals surface area contributed by atoms with Crippen LogP contribution in [0.5, 0.6) is 11.6 Å². The first-order valence-electron chi connectivity index (χ1n) is 5.77. The van der Waals surface area contributed by atoms with Crippen LogP contribution in [0.15, 0.2) is 42.7 Å². The van der Waals surface area contributed by atoms with E-state index in [0.29, 0.717) is 16.6 Å². The first kappa shape index (κ1) is 12.3. The highest BCUT2D eigenvalue weighted by atomic mass is 19.2. The van der Waals surface area contributed by atoms with Gasteiger partial charge in [-0.3, -0.25) is 0 Å². The van der Waals surface area contributed by atoms with Gasteiger partial charge in [-0.1, -0.05) is 6.07 Å². The zero-order chi connectivity index (χ0) is 14.1. The first-order chi connectivity index (χ1) is 9.65. The fourth-order valence-electron chi connectivity index (χ4n) is 1.80. The Balaban J connectivity index is 2.11. The highest BCUT2D eigenvalue weighted by Crippen LogP contribution is 2.30. The normalized spacial score (nSPS) is 10.7. The molecule has 0 saturated heterocycles. The molecule has 0 atom stereocenters. The number of nitrogens with two attached hydrogens (primary N) is 1. The van der Waals surface area contributed by atoms with Crippen LogP contribution in [-0.2, 0) is 0 Å². The lowest BCUT2D eigenvalue weighted by molar-refractivity contribution is 0.408. The van der Waals surface area contributed by atoms with E-state index in [4.69, 9.17) is 10.5 Å². The second-order valence-electron chi connectivity index (χ2n) is 4.11. The molecule has 0 bridgehead atoms. The molecule has 3 rings (SSSR count). The van der Waals surface area contributed by atoms with Gasteiger partial charge in [-0.2, -0.15) is 4.39 Å². The van der Waals surface area contributed by atoms with Gasteiger partial charge in [0.05, 0.1) is 10.9 Å². The number of fused-ring (bicyclic) bond motifs is 1. The molecule has 0 unspecified atom stereocenters. The van der Waals surface area contributed by atoms with Crippen LogP contribution in [0.1, 0.15) is 0 Å². The fraction of sp³-hybridized carbons (Fsp3) is 0. The number of nitrogens with zero attached hydrogens (tertiary/aromatic N) is 2. The highest BCUT2D eigenvalue weighted by molar-refractivity contribution is 5.86. The molecule has 2 N–H and O–H groups in total. The van der Waals surface area contributed by atoms with E-state index in [-0.39, 0.29) is 11.6 Å². The lowest BCUT2D eigenvalue weighted by Gasteiger charge is -2.08. The molecule has 0 spiro atoms. The van der Waals surface area contributed by atoms with E-state index < -0.39 is 11.6 Å². The molecule has 0 saturated carbocycles. The standard InChI is InChI=1S/C14H9F2N3O/c15-10-2-1-3-12(13(10)16)20-14-9-6-8(17)4-5-11(9)18-7-19-14/h1-7H,17H2. The van der Waals surface area contributed by atoms with E-state index in [9.17, 15) is 8.78 Å². The molecular weight excluding hydrogens is 264 g/mol. The SMILES string of the molecule is Nc1ccc2ncnc(Oc3cccc(F)c3F)c2c1. The van der Waals surface area contributed by atoms with Gasteiger partial charge in [0.1, 0.15) is 6.33 Å². The quantitative estimate of drug-likeness (QED) is 0.728. The average Bonchev–Trinajstić information content (AvgIpc) is 2.44. The van der Waals surface area contributed by atoms with Crippen LogP contribution in [0.3, 0.4) is 0 Å². The van der Waals surface area contributed by atoms with Crippen LogP contribution in [0.2, 0.25) is 0 Å². The Kier molecular flexibility index (Phi) is 2.90. The summed E-state index contributed by atoms with van der Waals surface area (Å²) in [5.41, 5.74) is 6.79. The fourth-order valence-corrected chi connectivity index (χ4v) is 1.80. The summed E-state index contributed by atoms with van der Waals surface area (Å²) in [6.07, 6.45) is 1.28. The summed E-state index contributed by atoms with van der Waals surface area (Å²) in [4.78, 5) is 7.99. The Hall–Kier alpha value is -2.76. The summed E-state index contributed by atoms with van der Waals surface area (Å²) in [6, 6.07) is 8.67. The van der Waals surface area contributed by atoms with E-state index in [1.807, 2.05) is 0 Å². The highest BCUT2D eigenvalue weighted by Gasteiger charge is 2.12. The molecule has 2 aromatic carbocycles. The molecule has 0 fully saturated rings. The van der Waals surface area contributed by atoms with Crippen molar-refractivity contribution >= 4 is 16.6 Å². The summed E-state index contributed by atoms with van der Waals surface area (Å²) >= 11 is 0. The maximum Gasteiger partial charge on any atom is 0.230 e. The molecule has 20 heavy (non-hydrogen) atoms. The monoisotopic (exact) mass is 273 g/mol. The maximum atomic E-state index is 13.6. The number of nitrogen functional groups attached to an aromatic ring is 1. The zero-order valence-corrected chi connectivity index (χ0v) is 10.2. The molecule has 0 aliphatic heterocycles. The minimum Gasteiger partial charge on any atom is -0.435 e. The third-order valence-electron chi connectivity index (χ3n) is 2.75. The van der Waals surface area contributed by atoms with Crippen LogP contribution >= 0.6 is 0 Å². The Morgan fingerprint density at radius 2 is 1.90 bits per heavy atom. The van der Waals surface area contributed by atoms with Gasteiger partial charge in [-0.25, -0.2) is 14.4 Å². The molecule has 1 aromatic heterocycles. The minimum atomic E-state index is -1.07. The Morgan fingerprint density at radius 1 is 1.05 bits per heavy atom. The molecule has 4 nitrogen and oxygen atoms in total. The van der Waals surface area contributed by atoms with Crippen LogP contribution in [-0.4, -0.2) is 9.97 Å². The van der Waals surface area contributed by atoms with E-state index in [0.717, 1.165) is 6.07 Å². The average molecular weight is 273 g/mol.